The molecule has 35 heavy (non-hydrogen) atoms. The lowest BCUT2D eigenvalue weighted by molar-refractivity contribution is -0.119. The number of hydrogen-bond acceptors (Lipinski definition) is 5. The maximum atomic E-state index is 12.8. The summed E-state index contributed by atoms with van der Waals surface area (Å²) >= 11 is 7.26. The number of ketones is 1. The lowest BCUT2D eigenvalue weighted by Gasteiger charge is -2.14. The summed E-state index contributed by atoms with van der Waals surface area (Å²) in [6.45, 7) is 9.73. The van der Waals surface area contributed by atoms with Gasteiger partial charge < -0.3 is 10.2 Å². The van der Waals surface area contributed by atoms with E-state index in [1.165, 1.54) is 17.6 Å². The van der Waals surface area contributed by atoms with Crippen molar-refractivity contribution in [2.75, 3.05) is 0 Å². The Labute approximate surface area is 214 Å². The average Bonchev–Trinajstić information content (AvgIpc) is 3.44. The zero-order valence-electron chi connectivity index (χ0n) is 20.5. The van der Waals surface area contributed by atoms with Crippen LogP contribution in [-0.2, 0) is 16.0 Å². The molecule has 0 saturated carbocycles. The van der Waals surface area contributed by atoms with E-state index in [0.717, 1.165) is 10.4 Å². The second-order valence-electron chi connectivity index (χ2n) is 8.63. The zero-order valence-corrected chi connectivity index (χ0v) is 22.0. The molecule has 1 aromatic carbocycles. The number of nitrogens with zero attached hydrogens (tertiary/aromatic N) is 1. The number of amides is 2. The number of nitrogens with two attached hydrogens (primary N) is 1. The summed E-state index contributed by atoms with van der Waals surface area (Å²) in [5.41, 5.74) is 6.95. The van der Waals surface area contributed by atoms with Crippen molar-refractivity contribution in [2.45, 2.75) is 47.5 Å². The number of aliphatic imine (C=N–C) groups is 1. The van der Waals surface area contributed by atoms with Crippen molar-refractivity contribution in [2.24, 2.45) is 16.1 Å². The Morgan fingerprint density at radius 3 is 2.34 bits per heavy atom. The van der Waals surface area contributed by atoms with Crippen LogP contribution in [0.25, 0.3) is 10.4 Å². The molecule has 0 bridgehead atoms. The summed E-state index contributed by atoms with van der Waals surface area (Å²) in [5.74, 6) is -1.19. The van der Waals surface area contributed by atoms with Crippen LogP contribution >= 0.6 is 22.9 Å². The lowest BCUT2D eigenvalue weighted by Crippen LogP contribution is -2.38. The molecule has 0 saturated heterocycles. The number of nitrogens with one attached hydrogen (secondary N) is 1. The quantitative estimate of drug-likeness (QED) is 0.242. The molecule has 0 aliphatic heterocycles. The van der Waals surface area contributed by atoms with E-state index in [0.29, 0.717) is 15.5 Å². The molecular formula is C26H30ClN3O4S. The van der Waals surface area contributed by atoms with E-state index in [-0.39, 0.29) is 35.8 Å². The van der Waals surface area contributed by atoms with Crippen LogP contribution in [0, 0.1) is 5.41 Å². The topological polar surface area (TPSA) is 115 Å². The first-order chi connectivity index (χ1) is 16.5. The molecule has 0 aliphatic rings. The van der Waals surface area contributed by atoms with Gasteiger partial charge in [0.05, 0.1) is 17.6 Å². The van der Waals surface area contributed by atoms with Crippen LogP contribution in [0.2, 0.25) is 5.02 Å². The Morgan fingerprint density at radius 1 is 1.11 bits per heavy atom. The molecule has 0 fully saturated rings. The average molecular weight is 516 g/mol. The van der Waals surface area contributed by atoms with Gasteiger partial charge in [0, 0.05) is 16.3 Å². The standard InChI is InChI=1S/C24H24ClN3O4S.C2H6/c1-24(2,3)13-20(30)28-23(26)27-19(29)12-15-11-18(21(31)17-5-4-10-32-17)33-22(15)14-6-8-16(25)9-7-14;1-2/h4-11H,12-13H2,1-3H3,(H3,26,27,28,29,30);1-2H3. The van der Waals surface area contributed by atoms with E-state index in [2.05, 4.69) is 10.3 Å². The Balaban J connectivity index is 0.00000210. The SMILES string of the molecule is CC.CC(C)(C)CC(=O)N=C(N)NC(=O)Cc1cc(C(=O)c2ccco2)sc1-c1ccc(Cl)cc1. The molecule has 0 atom stereocenters. The second kappa shape index (κ2) is 12.5. The molecule has 2 amide bonds. The number of halogens is 1. The smallest absolute Gasteiger partial charge is 0.249 e. The number of carbonyl (C=O) groups excluding carboxylic acids is 3. The Kier molecular flexibility index (Phi) is 9.98. The van der Waals surface area contributed by atoms with Crippen LogP contribution in [0.5, 0.6) is 0 Å². The fraction of sp³-hybridized carbons (Fsp3) is 0.308. The molecule has 3 aromatic rings. The molecule has 186 valence electrons. The van der Waals surface area contributed by atoms with Crippen molar-refractivity contribution < 1.29 is 18.8 Å². The third-order valence-electron chi connectivity index (χ3n) is 4.43. The Hall–Kier alpha value is -3.23. The van der Waals surface area contributed by atoms with Crippen molar-refractivity contribution in [1.82, 2.24) is 5.32 Å². The van der Waals surface area contributed by atoms with Crippen molar-refractivity contribution in [1.29, 1.82) is 0 Å². The van der Waals surface area contributed by atoms with Gasteiger partial charge in [-0.3, -0.25) is 19.7 Å². The first-order valence-corrected chi connectivity index (χ1v) is 12.3. The predicted molar refractivity (Wildman–Crippen MR) is 141 cm³/mol. The van der Waals surface area contributed by atoms with Crippen LogP contribution in [0.3, 0.4) is 0 Å². The number of furan rings is 1. The fourth-order valence-corrected chi connectivity index (χ4v) is 4.32. The Bertz CT molecular complexity index is 1190. The van der Waals surface area contributed by atoms with Crippen LogP contribution in [0.1, 0.15) is 62.0 Å². The maximum Gasteiger partial charge on any atom is 0.249 e. The number of rotatable bonds is 6. The minimum atomic E-state index is -0.454. The number of carbonyl (C=O) groups is 3. The van der Waals surface area contributed by atoms with E-state index < -0.39 is 11.8 Å². The van der Waals surface area contributed by atoms with Crippen molar-refractivity contribution in [3.63, 3.8) is 0 Å². The molecule has 0 radical (unpaired) electrons. The molecule has 7 nitrogen and oxygen atoms in total. The molecule has 3 rings (SSSR count). The normalized spacial score (nSPS) is 11.4. The third kappa shape index (κ3) is 8.49. The highest BCUT2D eigenvalue weighted by molar-refractivity contribution is 7.17. The summed E-state index contributed by atoms with van der Waals surface area (Å²) in [7, 11) is 0. The molecule has 9 heteroatoms. The van der Waals surface area contributed by atoms with Crippen molar-refractivity contribution in [3.8, 4) is 10.4 Å². The molecule has 0 aliphatic carbocycles. The van der Waals surface area contributed by atoms with Gasteiger partial charge in [0.25, 0.3) is 0 Å². The highest BCUT2D eigenvalue weighted by Gasteiger charge is 2.21. The third-order valence-corrected chi connectivity index (χ3v) is 5.91. The van der Waals surface area contributed by atoms with E-state index in [1.807, 2.05) is 46.8 Å². The van der Waals surface area contributed by atoms with Gasteiger partial charge in [-0.05, 0) is 46.9 Å². The predicted octanol–water partition coefficient (Wildman–Crippen LogP) is 5.85. The van der Waals surface area contributed by atoms with Gasteiger partial charge in [0.15, 0.2) is 5.76 Å². The van der Waals surface area contributed by atoms with Crippen molar-refractivity contribution in [3.05, 3.63) is 70.0 Å². The number of thiophene rings is 1. The fourth-order valence-electron chi connectivity index (χ4n) is 3.06. The molecule has 3 N–H and O–H groups in total. The van der Waals surface area contributed by atoms with Gasteiger partial charge in [-0.1, -0.05) is 58.4 Å². The monoisotopic (exact) mass is 515 g/mol. The van der Waals surface area contributed by atoms with Gasteiger partial charge in [0.2, 0.25) is 23.6 Å². The summed E-state index contributed by atoms with van der Waals surface area (Å²) in [6, 6.07) is 12.0. The molecule has 2 heterocycles. The molecular weight excluding hydrogens is 486 g/mol. The highest BCUT2D eigenvalue weighted by Crippen LogP contribution is 2.35. The van der Waals surface area contributed by atoms with Gasteiger partial charge in [-0.2, -0.15) is 4.99 Å². The minimum Gasteiger partial charge on any atom is -0.461 e. The first kappa shape index (κ1) is 28.0. The van der Waals surface area contributed by atoms with Crippen LogP contribution in [-0.4, -0.2) is 23.6 Å². The first-order valence-electron chi connectivity index (χ1n) is 11.2. The van der Waals surface area contributed by atoms with E-state index in [4.69, 9.17) is 21.8 Å². The highest BCUT2D eigenvalue weighted by atomic mass is 35.5. The van der Waals surface area contributed by atoms with Gasteiger partial charge >= 0.3 is 0 Å². The maximum absolute atomic E-state index is 12.8. The largest absolute Gasteiger partial charge is 0.461 e. The number of benzene rings is 1. The van der Waals surface area contributed by atoms with E-state index >= 15 is 0 Å². The summed E-state index contributed by atoms with van der Waals surface area (Å²) in [6.07, 6.45) is 1.56. The van der Waals surface area contributed by atoms with Crippen molar-refractivity contribution >= 4 is 46.5 Å². The van der Waals surface area contributed by atoms with Crippen LogP contribution in [0.4, 0.5) is 0 Å². The number of guanidine groups is 1. The second-order valence-corrected chi connectivity index (χ2v) is 10.1. The summed E-state index contributed by atoms with van der Waals surface area (Å²) in [4.78, 5) is 42.3. The minimum absolute atomic E-state index is 0.0659. The van der Waals surface area contributed by atoms with Gasteiger partial charge in [-0.25, -0.2) is 0 Å². The lowest BCUT2D eigenvalue weighted by atomic mass is 9.92. The van der Waals surface area contributed by atoms with Gasteiger partial charge in [-0.15, -0.1) is 11.3 Å². The van der Waals surface area contributed by atoms with Crippen LogP contribution in [0.15, 0.2) is 58.1 Å². The van der Waals surface area contributed by atoms with E-state index in [9.17, 15) is 14.4 Å². The molecule has 2 aromatic heterocycles. The Morgan fingerprint density at radius 2 is 1.77 bits per heavy atom. The molecule has 0 spiro atoms. The number of hydrogen-bond donors (Lipinski definition) is 2. The molecule has 0 unspecified atom stereocenters. The van der Waals surface area contributed by atoms with E-state index in [1.54, 1.807) is 30.3 Å². The van der Waals surface area contributed by atoms with Crippen LogP contribution < -0.4 is 11.1 Å². The summed E-state index contributed by atoms with van der Waals surface area (Å²) < 4.78 is 5.22. The van der Waals surface area contributed by atoms with Gasteiger partial charge in [0.1, 0.15) is 0 Å². The summed E-state index contributed by atoms with van der Waals surface area (Å²) in [5, 5.41) is 3.02. The zero-order chi connectivity index (χ0) is 26.2.